The fraction of sp³-hybridized carbons (Fsp3) is 0.429. The summed E-state index contributed by atoms with van der Waals surface area (Å²) in [6.07, 6.45) is 0.223. The van der Waals surface area contributed by atoms with E-state index in [2.05, 4.69) is 0 Å². The van der Waals surface area contributed by atoms with Crippen molar-refractivity contribution in [3.63, 3.8) is 0 Å². The van der Waals surface area contributed by atoms with Crippen molar-refractivity contribution in [3.8, 4) is 0 Å². The Balaban J connectivity index is 2.11. The summed E-state index contributed by atoms with van der Waals surface area (Å²) in [5.74, 6) is -4.28. The standard InChI is InChI=1S/C14H14ClNO6S/c15-11-5-9(13(17)18)10(14(19)20)6-12(11)23-8-3-1-7(2-4-8)16(21)22/h1-4,9-12H,5-6H2,(H,17,18)(H,19,20)/t9-,10-,11+,12-/m1/s1. The summed E-state index contributed by atoms with van der Waals surface area (Å²) < 4.78 is 0. The molecule has 1 aromatic carbocycles. The summed E-state index contributed by atoms with van der Waals surface area (Å²) in [6.45, 7) is 0. The Hall–Kier alpha value is -1.80. The van der Waals surface area contributed by atoms with Crippen LogP contribution in [0.3, 0.4) is 0 Å². The lowest BCUT2D eigenvalue weighted by atomic mass is 9.79. The molecule has 7 nitrogen and oxygen atoms in total. The van der Waals surface area contributed by atoms with Crippen LogP contribution in [0.2, 0.25) is 0 Å². The van der Waals surface area contributed by atoms with Gasteiger partial charge in [-0.25, -0.2) is 0 Å². The van der Waals surface area contributed by atoms with Gasteiger partial charge in [0, 0.05) is 27.7 Å². The van der Waals surface area contributed by atoms with Crippen molar-refractivity contribution in [2.75, 3.05) is 0 Å². The van der Waals surface area contributed by atoms with Gasteiger partial charge in [0.25, 0.3) is 5.69 Å². The highest BCUT2D eigenvalue weighted by Crippen LogP contribution is 2.42. The van der Waals surface area contributed by atoms with E-state index >= 15 is 0 Å². The molecule has 23 heavy (non-hydrogen) atoms. The van der Waals surface area contributed by atoms with Gasteiger partial charge in [-0.05, 0) is 25.0 Å². The van der Waals surface area contributed by atoms with Crippen molar-refractivity contribution >= 4 is 41.0 Å². The normalized spacial score (nSPS) is 27.3. The molecule has 1 saturated carbocycles. The molecule has 0 radical (unpaired) electrons. The van der Waals surface area contributed by atoms with E-state index in [1.54, 1.807) is 12.1 Å². The minimum Gasteiger partial charge on any atom is -0.481 e. The molecule has 0 heterocycles. The van der Waals surface area contributed by atoms with Crippen LogP contribution in [0.4, 0.5) is 5.69 Å². The fourth-order valence-electron chi connectivity index (χ4n) is 2.61. The smallest absolute Gasteiger partial charge is 0.307 e. The van der Waals surface area contributed by atoms with E-state index in [9.17, 15) is 24.8 Å². The second-order valence-electron chi connectivity index (χ2n) is 5.28. The molecule has 0 amide bonds. The molecule has 0 aliphatic heterocycles. The number of carbonyl (C=O) groups is 2. The molecule has 2 rings (SSSR count). The Morgan fingerprint density at radius 2 is 1.65 bits per heavy atom. The number of carboxylic acid groups (broad SMARTS) is 2. The first-order valence-corrected chi connectivity index (χ1v) is 8.12. The zero-order valence-electron chi connectivity index (χ0n) is 11.8. The maximum atomic E-state index is 11.3. The zero-order valence-corrected chi connectivity index (χ0v) is 13.4. The predicted octanol–water partition coefficient (Wildman–Crippen LogP) is 2.86. The second-order valence-corrected chi connectivity index (χ2v) is 7.16. The number of non-ortho nitro benzene ring substituents is 1. The Kier molecular flexibility index (Phi) is 5.48. The zero-order chi connectivity index (χ0) is 17.1. The van der Waals surface area contributed by atoms with Crippen molar-refractivity contribution < 1.29 is 24.7 Å². The predicted molar refractivity (Wildman–Crippen MR) is 83.9 cm³/mol. The van der Waals surface area contributed by atoms with Crippen LogP contribution in [0.15, 0.2) is 29.2 Å². The van der Waals surface area contributed by atoms with E-state index in [0.717, 1.165) is 4.90 Å². The van der Waals surface area contributed by atoms with Crippen LogP contribution in [-0.4, -0.2) is 37.7 Å². The molecule has 2 N–H and O–H groups in total. The minimum absolute atomic E-state index is 0.0326. The highest BCUT2D eigenvalue weighted by Gasteiger charge is 2.43. The average molecular weight is 360 g/mol. The number of nitrogens with zero attached hydrogens (tertiary/aromatic N) is 1. The Morgan fingerprint density at radius 1 is 1.13 bits per heavy atom. The van der Waals surface area contributed by atoms with Gasteiger partial charge in [-0.1, -0.05) is 0 Å². The fourth-order valence-corrected chi connectivity index (χ4v) is 4.26. The summed E-state index contributed by atoms with van der Waals surface area (Å²) >= 11 is 7.55. The molecule has 1 aromatic rings. The average Bonchev–Trinajstić information content (AvgIpc) is 2.49. The summed E-state index contributed by atoms with van der Waals surface area (Å²) in [4.78, 5) is 33.3. The first kappa shape index (κ1) is 17.6. The van der Waals surface area contributed by atoms with E-state index in [-0.39, 0.29) is 23.8 Å². The van der Waals surface area contributed by atoms with Crippen molar-refractivity contribution in [2.24, 2.45) is 11.8 Å². The number of halogens is 1. The number of hydrogen-bond donors (Lipinski definition) is 2. The highest BCUT2D eigenvalue weighted by atomic mass is 35.5. The van der Waals surface area contributed by atoms with Crippen molar-refractivity contribution in [2.45, 2.75) is 28.4 Å². The first-order valence-electron chi connectivity index (χ1n) is 6.80. The topological polar surface area (TPSA) is 118 Å². The molecule has 4 atom stereocenters. The number of aliphatic carboxylic acids is 2. The number of nitro benzene ring substituents is 1. The molecule has 0 spiro atoms. The molecule has 0 unspecified atom stereocenters. The SMILES string of the molecule is O=C(O)[C@@H]1C[C@H](Cl)[C@H](Sc2ccc([N+](=O)[O-])cc2)C[C@H]1C(=O)O. The van der Waals surface area contributed by atoms with Gasteiger partial charge in [0.2, 0.25) is 0 Å². The number of thioether (sulfide) groups is 1. The van der Waals surface area contributed by atoms with Gasteiger partial charge < -0.3 is 10.2 Å². The molecule has 0 saturated heterocycles. The molecule has 9 heteroatoms. The maximum absolute atomic E-state index is 11.3. The first-order chi connectivity index (χ1) is 10.8. The van der Waals surface area contributed by atoms with Crippen LogP contribution in [0, 0.1) is 22.0 Å². The highest BCUT2D eigenvalue weighted by molar-refractivity contribution is 8.00. The van der Waals surface area contributed by atoms with Gasteiger partial charge in [0.05, 0.1) is 16.8 Å². The molecular weight excluding hydrogens is 346 g/mol. The lowest BCUT2D eigenvalue weighted by Crippen LogP contribution is -2.41. The van der Waals surface area contributed by atoms with Gasteiger partial charge in [-0.3, -0.25) is 19.7 Å². The van der Waals surface area contributed by atoms with Gasteiger partial charge in [-0.15, -0.1) is 23.4 Å². The van der Waals surface area contributed by atoms with Crippen LogP contribution in [-0.2, 0) is 9.59 Å². The summed E-state index contributed by atoms with van der Waals surface area (Å²) in [5, 5.41) is 28.3. The quantitative estimate of drug-likeness (QED) is 0.471. The maximum Gasteiger partial charge on any atom is 0.307 e. The van der Waals surface area contributed by atoms with Gasteiger partial charge in [0.15, 0.2) is 0 Å². The summed E-state index contributed by atoms with van der Waals surface area (Å²) in [5.41, 5.74) is -0.0326. The largest absolute Gasteiger partial charge is 0.481 e. The molecule has 1 aliphatic carbocycles. The van der Waals surface area contributed by atoms with Crippen LogP contribution in [0.5, 0.6) is 0 Å². The van der Waals surface area contributed by atoms with Crippen LogP contribution >= 0.6 is 23.4 Å². The number of hydrogen-bond acceptors (Lipinski definition) is 5. The van der Waals surface area contributed by atoms with E-state index < -0.39 is 34.1 Å². The lowest BCUT2D eigenvalue weighted by Gasteiger charge is -2.34. The van der Waals surface area contributed by atoms with Gasteiger partial charge in [-0.2, -0.15) is 0 Å². The third-order valence-electron chi connectivity index (χ3n) is 3.82. The number of carboxylic acids is 2. The third kappa shape index (κ3) is 4.14. The Bertz CT molecular complexity index is 622. The number of alkyl halides is 1. The molecule has 1 fully saturated rings. The van der Waals surface area contributed by atoms with E-state index in [1.165, 1.54) is 23.9 Å². The van der Waals surface area contributed by atoms with Crippen LogP contribution in [0.1, 0.15) is 12.8 Å². The Labute approximate surface area is 140 Å². The van der Waals surface area contributed by atoms with E-state index in [4.69, 9.17) is 16.7 Å². The molecule has 0 aromatic heterocycles. The van der Waals surface area contributed by atoms with Gasteiger partial charge in [0.1, 0.15) is 0 Å². The van der Waals surface area contributed by atoms with Crippen LogP contribution in [0.25, 0.3) is 0 Å². The van der Waals surface area contributed by atoms with E-state index in [1.807, 2.05) is 0 Å². The van der Waals surface area contributed by atoms with Crippen molar-refractivity contribution in [1.82, 2.24) is 0 Å². The molecule has 1 aliphatic rings. The molecule has 124 valence electrons. The lowest BCUT2D eigenvalue weighted by molar-refractivity contribution is -0.384. The Morgan fingerprint density at radius 3 is 2.13 bits per heavy atom. The van der Waals surface area contributed by atoms with E-state index in [0.29, 0.717) is 0 Å². The second kappa shape index (κ2) is 7.18. The van der Waals surface area contributed by atoms with Crippen LogP contribution < -0.4 is 0 Å². The number of nitro groups is 1. The number of rotatable bonds is 5. The molecular formula is C14H14ClNO6S. The summed E-state index contributed by atoms with van der Waals surface area (Å²) in [7, 11) is 0. The van der Waals surface area contributed by atoms with Gasteiger partial charge >= 0.3 is 11.9 Å². The molecule has 0 bridgehead atoms. The van der Waals surface area contributed by atoms with Crippen molar-refractivity contribution in [1.29, 1.82) is 0 Å². The number of benzene rings is 1. The van der Waals surface area contributed by atoms with Crippen molar-refractivity contribution in [3.05, 3.63) is 34.4 Å². The minimum atomic E-state index is -1.15. The monoisotopic (exact) mass is 359 g/mol. The summed E-state index contributed by atoms with van der Waals surface area (Å²) in [6, 6.07) is 5.88. The third-order valence-corrected chi connectivity index (χ3v) is 5.82.